The largest absolute Gasteiger partial charge is 0.494 e. The first-order valence-electron chi connectivity index (χ1n) is 12.8. The molecule has 0 aliphatic rings. The highest BCUT2D eigenvalue weighted by Gasteiger charge is 2.32. The van der Waals surface area contributed by atoms with Gasteiger partial charge in [0.2, 0.25) is 11.8 Å². The van der Waals surface area contributed by atoms with E-state index in [1.165, 1.54) is 17.0 Å². The molecular weight excluding hydrogens is 582 g/mol. The Kier molecular flexibility index (Phi) is 10.9. The van der Waals surface area contributed by atoms with Crippen molar-refractivity contribution in [2.75, 3.05) is 24.0 Å². The molecule has 1 atom stereocenters. The molecular formula is C29H34BrN3O5S. The third-order valence-corrected chi connectivity index (χ3v) is 8.35. The van der Waals surface area contributed by atoms with Gasteiger partial charge in [0.25, 0.3) is 10.0 Å². The van der Waals surface area contributed by atoms with Gasteiger partial charge in [-0.2, -0.15) is 0 Å². The van der Waals surface area contributed by atoms with Crippen LogP contribution < -0.4 is 14.4 Å². The van der Waals surface area contributed by atoms with Crippen LogP contribution in [0.15, 0.2) is 88.2 Å². The number of amides is 2. The van der Waals surface area contributed by atoms with Crippen molar-refractivity contribution >= 4 is 43.5 Å². The highest BCUT2D eigenvalue weighted by Crippen LogP contribution is 2.27. The minimum absolute atomic E-state index is 0.0377. The second-order valence-corrected chi connectivity index (χ2v) is 11.6. The van der Waals surface area contributed by atoms with Crippen molar-refractivity contribution < 1.29 is 22.7 Å². The minimum Gasteiger partial charge on any atom is -0.494 e. The maximum atomic E-state index is 13.9. The summed E-state index contributed by atoms with van der Waals surface area (Å²) in [6.45, 7) is 6.05. The average Bonchev–Trinajstić information content (AvgIpc) is 2.94. The van der Waals surface area contributed by atoms with Gasteiger partial charge in [-0.15, -0.1) is 0 Å². The Balaban J connectivity index is 2.00. The van der Waals surface area contributed by atoms with Gasteiger partial charge in [-0.05, 0) is 74.4 Å². The summed E-state index contributed by atoms with van der Waals surface area (Å²) < 4.78 is 35.0. The monoisotopic (exact) mass is 615 g/mol. The smallest absolute Gasteiger partial charge is 0.264 e. The summed E-state index contributed by atoms with van der Waals surface area (Å²) in [6, 6.07) is 21.2. The molecule has 0 radical (unpaired) electrons. The van der Waals surface area contributed by atoms with Crippen LogP contribution in [-0.4, -0.2) is 50.9 Å². The van der Waals surface area contributed by atoms with Gasteiger partial charge in [0.05, 0.1) is 17.2 Å². The van der Waals surface area contributed by atoms with Gasteiger partial charge in [0.15, 0.2) is 0 Å². The standard InChI is InChI=1S/C29H34BrN3O5S/c1-4-19-31-29(35)22(3)32(20-23-9-7-6-8-10-23)28(34)21-33(25-13-15-26(16-14-25)38-5-2)39(36,37)27-17-11-24(30)12-18-27/h6-18,22H,4-5,19-21H2,1-3H3,(H,31,35)/t22-/m0/s1. The van der Waals surface area contributed by atoms with E-state index in [2.05, 4.69) is 21.2 Å². The van der Waals surface area contributed by atoms with E-state index in [1.54, 1.807) is 43.3 Å². The van der Waals surface area contributed by atoms with Crippen molar-refractivity contribution in [1.29, 1.82) is 0 Å². The molecule has 0 spiro atoms. The molecule has 8 nitrogen and oxygen atoms in total. The second kappa shape index (κ2) is 14.1. The summed E-state index contributed by atoms with van der Waals surface area (Å²) in [7, 11) is -4.13. The van der Waals surface area contributed by atoms with Crippen LogP contribution in [0.2, 0.25) is 0 Å². The maximum Gasteiger partial charge on any atom is 0.264 e. The van der Waals surface area contributed by atoms with E-state index in [1.807, 2.05) is 44.2 Å². The number of hydrogen-bond acceptors (Lipinski definition) is 5. The molecule has 0 fully saturated rings. The molecule has 0 unspecified atom stereocenters. The molecule has 0 saturated heterocycles. The average molecular weight is 617 g/mol. The van der Waals surface area contributed by atoms with Crippen LogP contribution in [0, 0.1) is 0 Å². The lowest BCUT2D eigenvalue weighted by Crippen LogP contribution is -2.51. The van der Waals surface area contributed by atoms with Crippen molar-refractivity contribution in [2.45, 2.75) is 44.7 Å². The van der Waals surface area contributed by atoms with E-state index >= 15 is 0 Å². The normalized spacial score (nSPS) is 11.9. The fourth-order valence-electron chi connectivity index (χ4n) is 3.90. The Labute approximate surface area is 239 Å². The van der Waals surface area contributed by atoms with Crippen LogP contribution >= 0.6 is 15.9 Å². The summed E-state index contributed by atoms with van der Waals surface area (Å²) in [4.78, 5) is 28.2. The fourth-order valence-corrected chi connectivity index (χ4v) is 5.57. The third-order valence-electron chi connectivity index (χ3n) is 6.03. The Morgan fingerprint density at radius 2 is 1.59 bits per heavy atom. The van der Waals surface area contributed by atoms with E-state index in [0.29, 0.717) is 24.6 Å². The molecule has 208 valence electrons. The van der Waals surface area contributed by atoms with Crippen LogP contribution in [0.5, 0.6) is 5.75 Å². The number of carbonyl (C=O) groups excluding carboxylic acids is 2. The second-order valence-electron chi connectivity index (χ2n) is 8.87. The number of ether oxygens (including phenoxy) is 1. The Hall–Kier alpha value is -3.37. The summed E-state index contributed by atoms with van der Waals surface area (Å²) >= 11 is 3.33. The number of rotatable bonds is 13. The van der Waals surface area contributed by atoms with Crippen LogP contribution in [0.4, 0.5) is 5.69 Å². The van der Waals surface area contributed by atoms with Gasteiger partial charge in [0, 0.05) is 17.6 Å². The summed E-state index contributed by atoms with van der Waals surface area (Å²) in [5.41, 5.74) is 1.13. The Morgan fingerprint density at radius 3 is 2.18 bits per heavy atom. The molecule has 3 aromatic rings. The molecule has 0 heterocycles. The molecule has 10 heteroatoms. The van der Waals surface area contributed by atoms with E-state index in [0.717, 1.165) is 20.8 Å². The van der Waals surface area contributed by atoms with Gasteiger partial charge in [-0.25, -0.2) is 8.42 Å². The van der Waals surface area contributed by atoms with Gasteiger partial charge in [-0.3, -0.25) is 13.9 Å². The number of anilines is 1. The van der Waals surface area contributed by atoms with Crippen LogP contribution in [-0.2, 0) is 26.2 Å². The first kappa shape index (κ1) is 30.2. The summed E-state index contributed by atoms with van der Waals surface area (Å²) in [5.74, 6) is -0.224. The minimum atomic E-state index is -4.13. The molecule has 0 bridgehead atoms. The van der Waals surface area contributed by atoms with E-state index in [4.69, 9.17) is 4.74 Å². The van der Waals surface area contributed by atoms with Crippen LogP contribution in [0.1, 0.15) is 32.8 Å². The Morgan fingerprint density at radius 1 is 0.949 bits per heavy atom. The van der Waals surface area contributed by atoms with Crippen LogP contribution in [0.3, 0.4) is 0 Å². The highest BCUT2D eigenvalue weighted by molar-refractivity contribution is 9.10. The van der Waals surface area contributed by atoms with Gasteiger partial charge >= 0.3 is 0 Å². The molecule has 0 aromatic heterocycles. The lowest BCUT2D eigenvalue weighted by molar-refractivity contribution is -0.139. The maximum absolute atomic E-state index is 13.9. The van der Waals surface area contributed by atoms with Crippen molar-refractivity contribution in [3.8, 4) is 5.75 Å². The van der Waals surface area contributed by atoms with Crippen LogP contribution in [0.25, 0.3) is 0 Å². The molecule has 3 rings (SSSR count). The molecule has 0 aliphatic heterocycles. The first-order valence-corrected chi connectivity index (χ1v) is 15.0. The number of halogens is 1. The zero-order valence-corrected chi connectivity index (χ0v) is 24.7. The first-order chi connectivity index (χ1) is 18.7. The Bertz CT molecular complexity index is 1330. The molecule has 0 aliphatic carbocycles. The lowest BCUT2D eigenvalue weighted by atomic mass is 10.1. The molecule has 1 N–H and O–H groups in total. The molecule has 3 aromatic carbocycles. The van der Waals surface area contributed by atoms with Crippen molar-refractivity contribution in [2.24, 2.45) is 0 Å². The number of hydrogen-bond donors (Lipinski definition) is 1. The zero-order valence-electron chi connectivity index (χ0n) is 22.3. The van der Waals surface area contributed by atoms with Crippen molar-refractivity contribution in [3.63, 3.8) is 0 Å². The SMILES string of the molecule is CCCNC(=O)[C@H](C)N(Cc1ccccc1)C(=O)CN(c1ccc(OCC)cc1)S(=O)(=O)c1ccc(Br)cc1. The highest BCUT2D eigenvalue weighted by atomic mass is 79.9. The zero-order chi connectivity index (χ0) is 28.4. The summed E-state index contributed by atoms with van der Waals surface area (Å²) in [5, 5.41) is 2.83. The van der Waals surface area contributed by atoms with E-state index in [-0.39, 0.29) is 17.3 Å². The van der Waals surface area contributed by atoms with Crippen molar-refractivity contribution in [1.82, 2.24) is 10.2 Å². The molecule has 0 saturated carbocycles. The van der Waals surface area contributed by atoms with E-state index < -0.39 is 28.5 Å². The quantitative estimate of drug-likeness (QED) is 0.292. The van der Waals surface area contributed by atoms with Gasteiger partial charge < -0.3 is 15.0 Å². The number of carbonyl (C=O) groups is 2. The predicted octanol–water partition coefficient (Wildman–Crippen LogP) is 4.99. The van der Waals surface area contributed by atoms with Gasteiger partial charge in [0.1, 0.15) is 18.3 Å². The van der Waals surface area contributed by atoms with E-state index in [9.17, 15) is 18.0 Å². The molecule has 2 amide bonds. The summed E-state index contributed by atoms with van der Waals surface area (Å²) in [6.07, 6.45) is 0.752. The number of sulfonamides is 1. The van der Waals surface area contributed by atoms with Gasteiger partial charge in [-0.1, -0.05) is 53.2 Å². The fraction of sp³-hybridized carbons (Fsp3) is 0.310. The van der Waals surface area contributed by atoms with Crippen molar-refractivity contribution in [3.05, 3.63) is 88.9 Å². The predicted molar refractivity (Wildman–Crippen MR) is 156 cm³/mol. The number of benzene rings is 3. The topological polar surface area (TPSA) is 96.0 Å². The molecule has 39 heavy (non-hydrogen) atoms. The number of nitrogens with one attached hydrogen (secondary N) is 1. The number of nitrogens with zero attached hydrogens (tertiary/aromatic N) is 2. The lowest BCUT2D eigenvalue weighted by Gasteiger charge is -2.32. The third kappa shape index (κ3) is 8.06.